The Labute approximate surface area is 90.9 Å². The number of hydrogen-bond acceptors (Lipinski definition) is 3. The summed E-state index contributed by atoms with van der Waals surface area (Å²) in [6.07, 6.45) is 1.11. The molecule has 1 aliphatic heterocycles. The summed E-state index contributed by atoms with van der Waals surface area (Å²) in [6.45, 7) is 5.56. The van der Waals surface area contributed by atoms with Gasteiger partial charge in [0.15, 0.2) is 0 Å². The molecule has 0 saturated heterocycles. The minimum absolute atomic E-state index is 0.968. The molecule has 0 aromatic carbocycles. The number of nitrogens with zero attached hydrogens (tertiary/aromatic N) is 1. The van der Waals surface area contributed by atoms with Crippen molar-refractivity contribution in [3.05, 3.63) is 14.2 Å². The van der Waals surface area contributed by atoms with Crippen molar-refractivity contribution >= 4 is 33.0 Å². The molecule has 4 heteroatoms. The van der Waals surface area contributed by atoms with Crippen LogP contribution in [0, 0.1) is 0 Å². The van der Waals surface area contributed by atoms with Crippen molar-refractivity contribution in [2.75, 3.05) is 18.8 Å². The van der Waals surface area contributed by atoms with Crippen LogP contribution in [0.4, 0.5) is 5.69 Å². The van der Waals surface area contributed by atoms with Crippen LogP contribution in [0.5, 0.6) is 0 Å². The van der Waals surface area contributed by atoms with Crippen molar-refractivity contribution in [1.82, 2.24) is 4.90 Å². The number of nitrogen functional groups attached to an aromatic ring is 1. The third-order valence-corrected chi connectivity index (χ3v) is 4.51. The fraction of sp³-hybridized carbons (Fsp3) is 0.556. The lowest BCUT2D eigenvalue weighted by Crippen LogP contribution is -2.29. The fourth-order valence-corrected chi connectivity index (χ4v) is 3.57. The van der Waals surface area contributed by atoms with Gasteiger partial charge >= 0.3 is 0 Å². The summed E-state index contributed by atoms with van der Waals surface area (Å²) >= 11 is 5.28. The zero-order valence-corrected chi connectivity index (χ0v) is 10.0. The van der Waals surface area contributed by atoms with E-state index in [9.17, 15) is 0 Å². The first-order chi connectivity index (χ1) is 6.22. The highest BCUT2D eigenvalue weighted by molar-refractivity contribution is 9.11. The van der Waals surface area contributed by atoms with Gasteiger partial charge in [-0.25, -0.2) is 0 Å². The van der Waals surface area contributed by atoms with Crippen molar-refractivity contribution < 1.29 is 0 Å². The van der Waals surface area contributed by atoms with E-state index in [-0.39, 0.29) is 0 Å². The van der Waals surface area contributed by atoms with Crippen molar-refractivity contribution in [1.29, 1.82) is 0 Å². The molecule has 0 spiro atoms. The average molecular weight is 261 g/mol. The van der Waals surface area contributed by atoms with E-state index in [0.29, 0.717) is 0 Å². The largest absolute Gasteiger partial charge is 0.397 e. The van der Waals surface area contributed by atoms with Gasteiger partial charge < -0.3 is 5.73 Å². The molecule has 1 aromatic heterocycles. The maximum atomic E-state index is 5.96. The van der Waals surface area contributed by atoms with Gasteiger partial charge in [0, 0.05) is 18.0 Å². The molecular weight excluding hydrogens is 248 g/mol. The third kappa shape index (κ3) is 1.63. The molecule has 72 valence electrons. The summed E-state index contributed by atoms with van der Waals surface area (Å²) in [5, 5.41) is 0. The van der Waals surface area contributed by atoms with Crippen molar-refractivity contribution in [3.63, 3.8) is 0 Å². The molecule has 1 aliphatic rings. The van der Waals surface area contributed by atoms with Crippen LogP contribution in [0.15, 0.2) is 3.79 Å². The average Bonchev–Trinajstić information content (AvgIpc) is 2.42. The SMILES string of the molecule is CCN1CCc2c(sc(Br)c2N)C1. The highest BCUT2D eigenvalue weighted by Crippen LogP contribution is 2.38. The Balaban J connectivity index is 2.31. The van der Waals surface area contributed by atoms with Gasteiger partial charge in [0.25, 0.3) is 0 Å². The lowest BCUT2D eigenvalue weighted by atomic mass is 10.1. The first-order valence-corrected chi connectivity index (χ1v) is 6.11. The van der Waals surface area contributed by atoms with Crippen LogP contribution < -0.4 is 5.73 Å². The predicted molar refractivity (Wildman–Crippen MR) is 61.1 cm³/mol. The molecule has 0 saturated carbocycles. The van der Waals surface area contributed by atoms with Crippen molar-refractivity contribution in [3.8, 4) is 0 Å². The number of halogens is 1. The standard InChI is InChI=1S/C9H13BrN2S/c1-2-12-4-3-6-7(5-12)13-9(10)8(6)11/h2-5,11H2,1H3. The van der Waals surface area contributed by atoms with Gasteiger partial charge in [-0.3, -0.25) is 4.90 Å². The van der Waals surface area contributed by atoms with Crippen LogP contribution in [0.25, 0.3) is 0 Å². The van der Waals surface area contributed by atoms with Crippen LogP contribution >= 0.6 is 27.3 Å². The normalized spacial score (nSPS) is 17.4. The lowest BCUT2D eigenvalue weighted by Gasteiger charge is -2.25. The van der Waals surface area contributed by atoms with E-state index in [2.05, 4.69) is 27.8 Å². The Morgan fingerprint density at radius 1 is 1.62 bits per heavy atom. The van der Waals surface area contributed by atoms with Crippen LogP contribution in [-0.2, 0) is 13.0 Å². The number of rotatable bonds is 1. The molecule has 0 aliphatic carbocycles. The topological polar surface area (TPSA) is 29.3 Å². The molecule has 2 heterocycles. The van der Waals surface area contributed by atoms with Crippen molar-refractivity contribution in [2.45, 2.75) is 19.9 Å². The summed E-state index contributed by atoms with van der Waals surface area (Å²) in [7, 11) is 0. The summed E-state index contributed by atoms with van der Waals surface area (Å²) < 4.78 is 1.11. The van der Waals surface area contributed by atoms with Gasteiger partial charge in [0.1, 0.15) is 0 Å². The third-order valence-electron chi connectivity index (χ3n) is 2.58. The van der Waals surface area contributed by atoms with Gasteiger partial charge in [0.05, 0.1) is 9.47 Å². The Bertz CT molecular complexity index is 322. The number of fused-ring (bicyclic) bond motifs is 1. The Hall–Kier alpha value is -0.0600. The Morgan fingerprint density at radius 2 is 2.38 bits per heavy atom. The van der Waals surface area contributed by atoms with E-state index < -0.39 is 0 Å². The maximum Gasteiger partial charge on any atom is 0.0933 e. The van der Waals surface area contributed by atoms with E-state index >= 15 is 0 Å². The van der Waals surface area contributed by atoms with E-state index in [4.69, 9.17) is 5.73 Å². The smallest absolute Gasteiger partial charge is 0.0933 e. The lowest BCUT2D eigenvalue weighted by molar-refractivity contribution is 0.272. The number of hydrogen-bond donors (Lipinski definition) is 1. The van der Waals surface area contributed by atoms with Crippen molar-refractivity contribution in [2.24, 2.45) is 0 Å². The van der Waals surface area contributed by atoms with Gasteiger partial charge in [-0.1, -0.05) is 6.92 Å². The zero-order chi connectivity index (χ0) is 9.42. The summed E-state index contributed by atoms with van der Waals surface area (Å²) in [5.74, 6) is 0. The van der Waals surface area contributed by atoms with E-state index in [1.54, 1.807) is 11.3 Å². The van der Waals surface area contributed by atoms with E-state index in [1.165, 1.54) is 10.4 Å². The molecule has 2 nitrogen and oxygen atoms in total. The van der Waals surface area contributed by atoms with E-state index in [0.717, 1.165) is 35.5 Å². The Morgan fingerprint density at radius 3 is 3.08 bits per heavy atom. The molecule has 2 rings (SSSR count). The highest BCUT2D eigenvalue weighted by atomic mass is 79.9. The quantitative estimate of drug-likeness (QED) is 0.841. The van der Waals surface area contributed by atoms with Gasteiger partial charge in [0.2, 0.25) is 0 Å². The second kappa shape index (κ2) is 3.59. The molecule has 0 amide bonds. The molecule has 13 heavy (non-hydrogen) atoms. The second-order valence-electron chi connectivity index (χ2n) is 3.31. The van der Waals surface area contributed by atoms with Crippen LogP contribution in [0.3, 0.4) is 0 Å². The first-order valence-electron chi connectivity index (χ1n) is 4.50. The maximum absolute atomic E-state index is 5.96. The molecule has 2 N–H and O–H groups in total. The molecule has 0 fully saturated rings. The summed E-state index contributed by atoms with van der Waals surface area (Å²) in [4.78, 5) is 3.89. The zero-order valence-electron chi connectivity index (χ0n) is 7.64. The summed E-state index contributed by atoms with van der Waals surface area (Å²) in [5.41, 5.74) is 8.30. The molecular formula is C9H13BrN2S. The number of nitrogens with two attached hydrogens (primary N) is 1. The van der Waals surface area contributed by atoms with Gasteiger partial charge in [-0.2, -0.15) is 0 Å². The molecule has 1 aromatic rings. The minimum Gasteiger partial charge on any atom is -0.397 e. The van der Waals surface area contributed by atoms with Gasteiger partial charge in [-0.15, -0.1) is 11.3 Å². The van der Waals surface area contributed by atoms with Crippen LogP contribution in [-0.4, -0.2) is 18.0 Å². The number of thiophene rings is 1. The van der Waals surface area contributed by atoms with Crippen LogP contribution in [0.2, 0.25) is 0 Å². The predicted octanol–water partition coefficient (Wildman–Crippen LogP) is 2.47. The first kappa shape index (κ1) is 9.49. The fourth-order valence-electron chi connectivity index (χ4n) is 1.72. The molecule has 0 bridgehead atoms. The van der Waals surface area contributed by atoms with Crippen LogP contribution in [0.1, 0.15) is 17.4 Å². The number of likely N-dealkylation sites (N-methyl/N-ethyl adjacent to an activating group) is 1. The monoisotopic (exact) mass is 260 g/mol. The van der Waals surface area contributed by atoms with Gasteiger partial charge in [-0.05, 0) is 34.5 Å². The second-order valence-corrected chi connectivity index (χ2v) is 5.73. The Kier molecular flexibility index (Phi) is 2.62. The highest BCUT2D eigenvalue weighted by Gasteiger charge is 2.20. The number of anilines is 1. The molecule has 0 radical (unpaired) electrons. The molecule has 0 unspecified atom stereocenters. The molecule has 0 atom stereocenters. The van der Waals surface area contributed by atoms with E-state index in [1.807, 2.05) is 0 Å². The minimum atomic E-state index is 0.968. The summed E-state index contributed by atoms with van der Waals surface area (Å²) in [6, 6.07) is 0.